The van der Waals surface area contributed by atoms with Crippen molar-refractivity contribution in [1.82, 2.24) is 0 Å². The summed E-state index contributed by atoms with van der Waals surface area (Å²) in [5.41, 5.74) is 2.10. The van der Waals surface area contributed by atoms with Gasteiger partial charge < -0.3 is 15.3 Å². The summed E-state index contributed by atoms with van der Waals surface area (Å²) in [7, 11) is 0. The predicted molar refractivity (Wildman–Crippen MR) is 79.9 cm³/mol. The number of carbonyl (C=O) groups excluding carboxylic acids is 1. The zero-order valence-electron chi connectivity index (χ0n) is 11.7. The molecule has 1 aliphatic carbocycles. The maximum atomic E-state index is 11.7. The fourth-order valence-corrected chi connectivity index (χ4v) is 3.11. The Morgan fingerprint density at radius 3 is 2.40 bits per heavy atom. The molecule has 1 aliphatic heterocycles. The first kappa shape index (κ1) is 13.4. The van der Waals surface area contributed by atoms with Crippen molar-refractivity contribution >= 4 is 17.3 Å². The van der Waals surface area contributed by atoms with Gasteiger partial charge in [-0.2, -0.15) is 0 Å². The van der Waals surface area contributed by atoms with Crippen LogP contribution in [0.25, 0.3) is 0 Å². The highest BCUT2D eigenvalue weighted by atomic mass is 16.3. The summed E-state index contributed by atoms with van der Waals surface area (Å²) >= 11 is 0. The first-order valence-corrected chi connectivity index (χ1v) is 7.57. The molecule has 3 rings (SSSR count). The van der Waals surface area contributed by atoms with Crippen LogP contribution in [0, 0.1) is 0 Å². The van der Waals surface area contributed by atoms with E-state index in [9.17, 15) is 9.90 Å². The Bertz CT molecular complexity index is 464. The number of aliphatic hydroxyl groups is 1. The van der Waals surface area contributed by atoms with Crippen molar-refractivity contribution in [3.63, 3.8) is 0 Å². The van der Waals surface area contributed by atoms with E-state index in [0.717, 1.165) is 50.0 Å². The molecule has 0 unspecified atom stereocenters. The van der Waals surface area contributed by atoms with Crippen LogP contribution >= 0.6 is 0 Å². The van der Waals surface area contributed by atoms with E-state index in [1.165, 1.54) is 0 Å². The van der Waals surface area contributed by atoms with E-state index in [0.29, 0.717) is 12.5 Å². The van der Waals surface area contributed by atoms with E-state index >= 15 is 0 Å². The second-order valence-corrected chi connectivity index (χ2v) is 5.85. The van der Waals surface area contributed by atoms with Gasteiger partial charge in [-0.1, -0.05) is 0 Å². The molecule has 1 aromatic carbocycles. The lowest BCUT2D eigenvalue weighted by atomic mass is 9.93. The topological polar surface area (TPSA) is 52.6 Å². The molecule has 1 aromatic rings. The Kier molecular flexibility index (Phi) is 3.92. The van der Waals surface area contributed by atoms with Crippen molar-refractivity contribution in [3.8, 4) is 0 Å². The number of benzene rings is 1. The summed E-state index contributed by atoms with van der Waals surface area (Å²) in [6.45, 7) is 0.839. The summed E-state index contributed by atoms with van der Waals surface area (Å²) in [5.74, 6) is 0.229. The van der Waals surface area contributed by atoms with E-state index < -0.39 is 0 Å². The van der Waals surface area contributed by atoms with Crippen molar-refractivity contribution in [2.75, 3.05) is 16.8 Å². The van der Waals surface area contributed by atoms with Gasteiger partial charge in [0.15, 0.2) is 0 Å². The van der Waals surface area contributed by atoms with Crippen LogP contribution in [0.4, 0.5) is 11.4 Å². The molecule has 1 amide bonds. The fraction of sp³-hybridized carbons (Fsp3) is 0.562. The number of nitrogens with one attached hydrogen (secondary N) is 1. The Balaban J connectivity index is 1.60. The van der Waals surface area contributed by atoms with Crippen LogP contribution in [0.2, 0.25) is 0 Å². The quantitative estimate of drug-likeness (QED) is 0.890. The number of amides is 1. The average molecular weight is 274 g/mol. The maximum Gasteiger partial charge on any atom is 0.227 e. The summed E-state index contributed by atoms with van der Waals surface area (Å²) in [6.07, 6.45) is 5.33. The number of hydrogen-bond acceptors (Lipinski definition) is 3. The summed E-state index contributed by atoms with van der Waals surface area (Å²) in [6, 6.07) is 8.59. The third-order valence-electron chi connectivity index (χ3n) is 4.32. The molecule has 20 heavy (non-hydrogen) atoms. The van der Waals surface area contributed by atoms with E-state index in [-0.39, 0.29) is 12.0 Å². The van der Waals surface area contributed by atoms with Crippen LogP contribution in [0.15, 0.2) is 24.3 Å². The van der Waals surface area contributed by atoms with Gasteiger partial charge in [-0.05, 0) is 56.4 Å². The number of carbonyl (C=O) groups is 1. The monoisotopic (exact) mass is 274 g/mol. The molecular weight excluding hydrogens is 252 g/mol. The number of hydrogen-bond donors (Lipinski definition) is 2. The van der Waals surface area contributed by atoms with Crippen molar-refractivity contribution in [2.45, 2.75) is 50.7 Å². The Hall–Kier alpha value is -1.55. The SMILES string of the molecule is O=C1CCCN1c1ccc(NC2CCC(O)CC2)cc1. The highest BCUT2D eigenvalue weighted by molar-refractivity contribution is 5.95. The second kappa shape index (κ2) is 5.83. The number of anilines is 2. The molecule has 2 aliphatic rings. The smallest absolute Gasteiger partial charge is 0.227 e. The van der Waals surface area contributed by atoms with Crippen LogP contribution in [0.3, 0.4) is 0 Å². The van der Waals surface area contributed by atoms with Crippen molar-refractivity contribution in [1.29, 1.82) is 0 Å². The van der Waals surface area contributed by atoms with Gasteiger partial charge in [0.2, 0.25) is 5.91 Å². The Morgan fingerprint density at radius 1 is 1.10 bits per heavy atom. The second-order valence-electron chi connectivity index (χ2n) is 5.85. The highest BCUT2D eigenvalue weighted by Crippen LogP contribution is 2.25. The van der Waals surface area contributed by atoms with E-state index in [1.54, 1.807) is 0 Å². The number of rotatable bonds is 3. The third-order valence-corrected chi connectivity index (χ3v) is 4.32. The van der Waals surface area contributed by atoms with Crippen LogP contribution < -0.4 is 10.2 Å². The normalized spacial score (nSPS) is 26.9. The molecular formula is C16H22N2O2. The fourth-order valence-electron chi connectivity index (χ4n) is 3.11. The zero-order chi connectivity index (χ0) is 13.9. The molecule has 1 saturated carbocycles. The van der Waals surface area contributed by atoms with Crippen LogP contribution in [0.1, 0.15) is 38.5 Å². The van der Waals surface area contributed by atoms with Gasteiger partial charge >= 0.3 is 0 Å². The van der Waals surface area contributed by atoms with Gasteiger partial charge in [-0.3, -0.25) is 4.79 Å². The molecule has 4 nitrogen and oxygen atoms in total. The molecule has 0 radical (unpaired) electrons. The average Bonchev–Trinajstić information content (AvgIpc) is 2.89. The van der Waals surface area contributed by atoms with E-state index in [2.05, 4.69) is 5.32 Å². The van der Waals surface area contributed by atoms with Crippen LogP contribution in [-0.2, 0) is 4.79 Å². The van der Waals surface area contributed by atoms with E-state index in [4.69, 9.17) is 0 Å². The highest BCUT2D eigenvalue weighted by Gasteiger charge is 2.22. The van der Waals surface area contributed by atoms with E-state index in [1.807, 2.05) is 29.2 Å². The lowest BCUT2D eigenvalue weighted by Crippen LogP contribution is -2.28. The van der Waals surface area contributed by atoms with Gasteiger partial charge in [-0.15, -0.1) is 0 Å². The van der Waals surface area contributed by atoms with Gasteiger partial charge in [0, 0.05) is 30.4 Å². The predicted octanol–water partition coefficient (Wildman–Crippen LogP) is 2.53. The molecule has 0 bridgehead atoms. The minimum absolute atomic E-state index is 0.114. The Labute approximate surface area is 119 Å². The largest absolute Gasteiger partial charge is 0.393 e. The number of nitrogens with zero attached hydrogens (tertiary/aromatic N) is 1. The molecule has 1 heterocycles. The van der Waals surface area contributed by atoms with Crippen molar-refractivity contribution < 1.29 is 9.90 Å². The van der Waals surface area contributed by atoms with Gasteiger partial charge in [0.1, 0.15) is 0 Å². The molecule has 0 atom stereocenters. The molecule has 108 valence electrons. The summed E-state index contributed by atoms with van der Waals surface area (Å²) in [5, 5.41) is 13.0. The lowest BCUT2D eigenvalue weighted by Gasteiger charge is -2.27. The molecule has 0 spiro atoms. The molecule has 2 N–H and O–H groups in total. The Morgan fingerprint density at radius 2 is 1.80 bits per heavy atom. The van der Waals surface area contributed by atoms with Crippen molar-refractivity contribution in [2.24, 2.45) is 0 Å². The van der Waals surface area contributed by atoms with Gasteiger partial charge in [0.05, 0.1) is 6.10 Å². The summed E-state index contributed by atoms with van der Waals surface area (Å²) in [4.78, 5) is 13.6. The van der Waals surface area contributed by atoms with Crippen LogP contribution in [0.5, 0.6) is 0 Å². The minimum Gasteiger partial charge on any atom is -0.393 e. The number of aliphatic hydroxyl groups excluding tert-OH is 1. The molecule has 2 fully saturated rings. The first-order valence-electron chi connectivity index (χ1n) is 7.57. The molecule has 1 saturated heterocycles. The van der Waals surface area contributed by atoms with Crippen LogP contribution in [-0.4, -0.2) is 29.7 Å². The maximum absolute atomic E-state index is 11.7. The lowest BCUT2D eigenvalue weighted by molar-refractivity contribution is -0.117. The minimum atomic E-state index is -0.114. The van der Waals surface area contributed by atoms with Crippen molar-refractivity contribution in [3.05, 3.63) is 24.3 Å². The summed E-state index contributed by atoms with van der Waals surface area (Å²) < 4.78 is 0. The standard InChI is InChI=1S/C16H22N2O2/c19-15-9-5-13(6-10-15)17-12-3-7-14(8-4-12)18-11-1-2-16(18)20/h3-4,7-8,13,15,17,19H,1-2,5-6,9-11H2. The van der Waals surface area contributed by atoms with Gasteiger partial charge in [-0.25, -0.2) is 0 Å². The first-order chi connectivity index (χ1) is 9.72. The molecule has 0 aromatic heterocycles. The zero-order valence-corrected chi connectivity index (χ0v) is 11.7. The molecule has 4 heteroatoms. The van der Waals surface area contributed by atoms with Gasteiger partial charge in [0.25, 0.3) is 0 Å². The third kappa shape index (κ3) is 2.96.